The van der Waals surface area contributed by atoms with Crippen molar-refractivity contribution in [3.63, 3.8) is 0 Å². The second-order valence-electron chi connectivity index (χ2n) is 5.71. The highest BCUT2D eigenvalue weighted by Gasteiger charge is 2.51. The van der Waals surface area contributed by atoms with Gasteiger partial charge in [0.05, 0.1) is 12.9 Å². The maximum Gasteiger partial charge on any atom is 0.264 e. The first kappa shape index (κ1) is 17.7. The Hall–Kier alpha value is -1.07. The molecule has 3 rings (SSSR count). The predicted molar refractivity (Wildman–Crippen MR) is 81.4 cm³/mol. The highest BCUT2D eigenvalue weighted by atomic mass is 32.2. The lowest BCUT2D eigenvalue weighted by molar-refractivity contribution is -0.354. The summed E-state index contributed by atoms with van der Waals surface area (Å²) in [6.45, 7) is 0.173. The molecule has 6 atom stereocenters. The van der Waals surface area contributed by atoms with E-state index in [2.05, 4.69) is 0 Å². The van der Waals surface area contributed by atoms with E-state index in [1.807, 2.05) is 30.3 Å². The van der Waals surface area contributed by atoms with Gasteiger partial charge >= 0.3 is 0 Å². The van der Waals surface area contributed by atoms with Crippen LogP contribution in [0.2, 0.25) is 0 Å². The summed E-state index contributed by atoms with van der Waals surface area (Å²) in [6.07, 6.45) is -4.69. The van der Waals surface area contributed by atoms with Gasteiger partial charge < -0.3 is 24.1 Å². The summed E-state index contributed by atoms with van der Waals surface area (Å²) in [6, 6.07) is 9.23. The fraction of sp³-hybridized carbons (Fsp3) is 0.600. The van der Waals surface area contributed by atoms with E-state index in [9.17, 15) is 13.5 Å². The fourth-order valence-electron chi connectivity index (χ4n) is 2.84. The molecule has 0 saturated carbocycles. The van der Waals surface area contributed by atoms with Crippen LogP contribution in [0.1, 0.15) is 11.9 Å². The van der Waals surface area contributed by atoms with Gasteiger partial charge in [0.1, 0.15) is 18.3 Å². The maximum atomic E-state index is 11.4. The standard InChI is InChI=1S/C15H20O8S/c1-19-15-13(23-24(2,17)18)11(16)12-10(21-15)8-20-14(22-12)9-6-4-3-5-7-9/h3-7,10-16H,8H2,1-2H3/t10-,11-,12-,13-,14-,15-/m0/s1. The Bertz CT molecular complexity index is 649. The minimum Gasteiger partial charge on any atom is -0.387 e. The van der Waals surface area contributed by atoms with E-state index in [-0.39, 0.29) is 6.61 Å². The van der Waals surface area contributed by atoms with Crippen molar-refractivity contribution in [2.45, 2.75) is 37.0 Å². The molecular weight excluding hydrogens is 340 g/mol. The number of hydrogen-bond acceptors (Lipinski definition) is 8. The molecule has 1 aromatic rings. The van der Waals surface area contributed by atoms with Gasteiger partial charge in [0, 0.05) is 12.7 Å². The molecular formula is C15H20O8S. The molecule has 2 heterocycles. The van der Waals surface area contributed by atoms with Crippen LogP contribution < -0.4 is 0 Å². The van der Waals surface area contributed by atoms with Crippen LogP contribution in [0.4, 0.5) is 0 Å². The van der Waals surface area contributed by atoms with Crippen LogP contribution in [0, 0.1) is 0 Å². The zero-order chi connectivity index (χ0) is 17.3. The second kappa shape index (κ2) is 7.04. The molecule has 9 heteroatoms. The van der Waals surface area contributed by atoms with Crippen molar-refractivity contribution in [1.29, 1.82) is 0 Å². The first-order valence-corrected chi connectivity index (χ1v) is 9.27. The number of hydrogen-bond donors (Lipinski definition) is 1. The van der Waals surface area contributed by atoms with Gasteiger partial charge in [0.15, 0.2) is 18.7 Å². The zero-order valence-corrected chi connectivity index (χ0v) is 14.1. The van der Waals surface area contributed by atoms with Crippen molar-refractivity contribution in [2.24, 2.45) is 0 Å². The molecule has 1 N–H and O–H groups in total. The molecule has 24 heavy (non-hydrogen) atoms. The third-order valence-corrected chi connectivity index (χ3v) is 4.47. The first-order chi connectivity index (χ1) is 11.4. The maximum absolute atomic E-state index is 11.4. The summed E-state index contributed by atoms with van der Waals surface area (Å²) in [5.41, 5.74) is 0.789. The summed E-state index contributed by atoms with van der Waals surface area (Å²) < 4.78 is 50.0. The molecule has 2 saturated heterocycles. The van der Waals surface area contributed by atoms with Gasteiger partial charge in [0.25, 0.3) is 10.1 Å². The van der Waals surface area contributed by atoms with Crippen molar-refractivity contribution < 1.29 is 36.7 Å². The number of ether oxygens (including phenoxy) is 4. The quantitative estimate of drug-likeness (QED) is 0.759. The Morgan fingerprint density at radius 2 is 1.92 bits per heavy atom. The largest absolute Gasteiger partial charge is 0.387 e. The lowest BCUT2D eigenvalue weighted by atomic mass is 9.98. The molecule has 0 aliphatic carbocycles. The smallest absolute Gasteiger partial charge is 0.264 e. The molecule has 0 spiro atoms. The molecule has 0 aromatic heterocycles. The molecule has 0 unspecified atom stereocenters. The molecule has 2 aliphatic rings. The van der Waals surface area contributed by atoms with Crippen LogP contribution in [0.5, 0.6) is 0 Å². The Balaban J connectivity index is 1.79. The highest BCUT2D eigenvalue weighted by Crippen LogP contribution is 2.35. The topological polar surface area (TPSA) is 101 Å². The van der Waals surface area contributed by atoms with E-state index in [4.69, 9.17) is 23.1 Å². The Kier molecular flexibility index (Phi) is 5.21. The van der Waals surface area contributed by atoms with E-state index < -0.39 is 47.1 Å². The minimum atomic E-state index is -3.81. The van der Waals surface area contributed by atoms with Crippen molar-refractivity contribution in [3.05, 3.63) is 35.9 Å². The summed E-state index contributed by atoms with van der Waals surface area (Å²) in [5.74, 6) is 0. The number of fused-ring (bicyclic) bond motifs is 1. The number of aliphatic hydroxyl groups is 1. The van der Waals surface area contributed by atoms with E-state index in [1.165, 1.54) is 7.11 Å². The number of methoxy groups -OCH3 is 1. The average molecular weight is 360 g/mol. The molecule has 0 bridgehead atoms. The summed E-state index contributed by atoms with van der Waals surface area (Å²) >= 11 is 0. The number of rotatable bonds is 4. The van der Waals surface area contributed by atoms with E-state index in [0.29, 0.717) is 0 Å². The molecule has 8 nitrogen and oxygen atoms in total. The van der Waals surface area contributed by atoms with Gasteiger partial charge in [-0.1, -0.05) is 30.3 Å². The van der Waals surface area contributed by atoms with Crippen molar-refractivity contribution in [1.82, 2.24) is 0 Å². The van der Waals surface area contributed by atoms with Crippen LogP contribution in [-0.4, -0.2) is 64.2 Å². The van der Waals surface area contributed by atoms with Crippen LogP contribution in [-0.2, 0) is 33.2 Å². The van der Waals surface area contributed by atoms with Gasteiger partial charge in [-0.05, 0) is 0 Å². The summed E-state index contributed by atoms with van der Waals surface area (Å²) in [4.78, 5) is 0. The summed E-state index contributed by atoms with van der Waals surface area (Å²) in [7, 11) is -2.47. The molecule has 0 radical (unpaired) electrons. The van der Waals surface area contributed by atoms with Crippen molar-refractivity contribution >= 4 is 10.1 Å². The monoisotopic (exact) mass is 360 g/mol. The molecule has 134 valence electrons. The van der Waals surface area contributed by atoms with Crippen LogP contribution >= 0.6 is 0 Å². The molecule has 0 amide bonds. The van der Waals surface area contributed by atoms with Gasteiger partial charge in [-0.3, -0.25) is 4.18 Å². The van der Waals surface area contributed by atoms with Gasteiger partial charge in [-0.2, -0.15) is 8.42 Å². The average Bonchev–Trinajstić information content (AvgIpc) is 2.56. The molecule has 2 aliphatic heterocycles. The lowest BCUT2D eigenvalue weighted by Crippen LogP contribution is -2.63. The van der Waals surface area contributed by atoms with Gasteiger partial charge in [-0.15, -0.1) is 0 Å². The van der Waals surface area contributed by atoms with Crippen LogP contribution in [0.3, 0.4) is 0 Å². The van der Waals surface area contributed by atoms with Crippen LogP contribution in [0.25, 0.3) is 0 Å². The van der Waals surface area contributed by atoms with Gasteiger partial charge in [0.2, 0.25) is 0 Å². The highest BCUT2D eigenvalue weighted by molar-refractivity contribution is 7.86. The predicted octanol–water partition coefficient (Wildman–Crippen LogP) is 0.178. The summed E-state index contributed by atoms with van der Waals surface area (Å²) in [5, 5.41) is 10.6. The first-order valence-electron chi connectivity index (χ1n) is 7.45. The second-order valence-corrected chi connectivity index (χ2v) is 7.31. The molecule has 2 fully saturated rings. The Morgan fingerprint density at radius 1 is 1.21 bits per heavy atom. The normalized spacial score (nSPS) is 37.0. The van der Waals surface area contributed by atoms with E-state index >= 15 is 0 Å². The SMILES string of the molecule is CO[C@H]1O[C@H]2CO[C@H](c3ccccc3)O[C@@H]2[C@H](O)[C@@H]1OS(C)(=O)=O. The zero-order valence-electron chi connectivity index (χ0n) is 13.3. The van der Waals surface area contributed by atoms with E-state index in [1.54, 1.807) is 0 Å². The van der Waals surface area contributed by atoms with E-state index in [0.717, 1.165) is 11.8 Å². The number of benzene rings is 1. The van der Waals surface area contributed by atoms with Crippen LogP contribution in [0.15, 0.2) is 30.3 Å². The molecule has 1 aromatic carbocycles. The van der Waals surface area contributed by atoms with Crippen molar-refractivity contribution in [3.8, 4) is 0 Å². The third-order valence-electron chi connectivity index (χ3n) is 3.90. The van der Waals surface area contributed by atoms with Gasteiger partial charge in [-0.25, -0.2) is 0 Å². The third kappa shape index (κ3) is 3.77. The minimum absolute atomic E-state index is 0.173. The Morgan fingerprint density at radius 3 is 2.54 bits per heavy atom. The number of aliphatic hydroxyl groups excluding tert-OH is 1. The Labute approximate surface area is 140 Å². The fourth-order valence-corrected chi connectivity index (χ4v) is 3.45. The lowest BCUT2D eigenvalue weighted by Gasteiger charge is -2.46. The van der Waals surface area contributed by atoms with Crippen molar-refractivity contribution in [2.75, 3.05) is 20.0 Å².